The summed E-state index contributed by atoms with van der Waals surface area (Å²) in [5.41, 5.74) is 15.7. The van der Waals surface area contributed by atoms with E-state index in [1.807, 2.05) is 37.3 Å². The number of hydrogen-bond donors (Lipinski definition) is 1. The molecule has 0 bridgehead atoms. The SMILES string of the molecule is CCc1ccc(-n2cc(-c3cccc(N)c3C)c3cc(C#N)ccc32)cc1C. The Morgan fingerprint density at radius 1 is 1.00 bits per heavy atom. The van der Waals surface area contributed by atoms with Crippen LogP contribution in [0.1, 0.15) is 29.2 Å². The number of nitrogen functional groups attached to an aromatic ring is 1. The molecule has 138 valence electrons. The van der Waals surface area contributed by atoms with Gasteiger partial charge in [-0.05, 0) is 78.9 Å². The van der Waals surface area contributed by atoms with E-state index in [1.165, 1.54) is 11.1 Å². The van der Waals surface area contributed by atoms with Crippen LogP contribution in [0, 0.1) is 25.2 Å². The third-order valence-corrected chi connectivity index (χ3v) is 5.58. The lowest BCUT2D eigenvalue weighted by Gasteiger charge is -2.09. The maximum atomic E-state index is 9.40. The predicted octanol–water partition coefficient (Wildman–Crippen LogP) is 5.93. The number of nitrogens with two attached hydrogens (primary N) is 1. The molecule has 0 spiro atoms. The molecule has 0 saturated heterocycles. The molecule has 28 heavy (non-hydrogen) atoms. The first-order chi connectivity index (χ1) is 13.5. The lowest BCUT2D eigenvalue weighted by atomic mass is 9.98. The zero-order chi connectivity index (χ0) is 19.8. The van der Waals surface area contributed by atoms with Crippen molar-refractivity contribution in [2.24, 2.45) is 0 Å². The summed E-state index contributed by atoms with van der Waals surface area (Å²) < 4.78 is 2.21. The minimum absolute atomic E-state index is 0.658. The molecule has 0 radical (unpaired) electrons. The molecule has 4 rings (SSSR count). The summed E-state index contributed by atoms with van der Waals surface area (Å²) in [7, 11) is 0. The third kappa shape index (κ3) is 2.84. The molecule has 0 amide bonds. The number of aryl methyl sites for hydroxylation is 2. The summed E-state index contributed by atoms with van der Waals surface area (Å²) in [5.74, 6) is 0. The zero-order valence-corrected chi connectivity index (χ0v) is 16.5. The van der Waals surface area contributed by atoms with Crippen molar-refractivity contribution in [3.05, 3.63) is 83.0 Å². The molecule has 0 atom stereocenters. The molecule has 4 aromatic rings. The Labute approximate surface area is 165 Å². The smallest absolute Gasteiger partial charge is 0.0991 e. The van der Waals surface area contributed by atoms with Gasteiger partial charge in [-0.3, -0.25) is 0 Å². The van der Waals surface area contributed by atoms with E-state index in [-0.39, 0.29) is 0 Å². The Morgan fingerprint density at radius 2 is 1.82 bits per heavy atom. The van der Waals surface area contributed by atoms with Crippen LogP contribution in [0.15, 0.2) is 60.8 Å². The standard InChI is InChI=1S/C25H23N3/c1-4-19-9-10-20(12-16(19)2)28-15-23(21-6-5-7-24(27)17(21)3)22-13-18(14-26)8-11-25(22)28/h5-13,15H,4,27H2,1-3H3. The van der Waals surface area contributed by atoms with Crippen LogP contribution in [0.4, 0.5) is 5.69 Å². The van der Waals surface area contributed by atoms with Gasteiger partial charge in [-0.2, -0.15) is 5.26 Å². The first-order valence-corrected chi connectivity index (χ1v) is 9.54. The molecular weight excluding hydrogens is 342 g/mol. The van der Waals surface area contributed by atoms with Gasteiger partial charge in [-0.1, -0.05) is 25.1 Å². The first kappa shape index (κ1) is 17.9. The molecule has 1 aromatic heterocycles. The van der Waals surface area contributed by atoms with Crippen molar-refractivity contribution in [1.82, 2.24) is 4.57 Å². The number of fused-ring (bicyclic) bond motifs is 1. The van der Waals surface area contributed by atoms with Crippen molar-refractivity contribution in [1.29, 1.82) is 5.26 Å². The molecule has 0 aliphatic heterocycles. The fourth-order valence-corrected chi connectivity index (χ4v) is 3.90. The Bertz CT molecular complexity index is 1240. The largest absolute Gasteiger partial charge is 0.398 e. The van der Waals surface area contributed by atoms with E-state index in [4.69, 9.17) is 5.73 Å². The Morgan fingerprint density at radius 3 is 2.54 bits per heavy atom. The minimum Gasteiger partial charge on any atom is -0.398 e. The van der Waals surface area contributed by atoms with E-state index >= 15 is 0 Å². The lowest BCUT2D eigenvalue weighted by molar-refractivity contribution is 1.07. The fraction of sp³-hybridized carbons (Fsp3) is 0.160. The van der Waals surface area contributed by atoms with Crippen LogP contribution in [-0.2, 0) is 6.42 Å². The number of nitrogens with zero attached hydrogens (tertiary/aromatic N) is 2. The summed E-state index contributed by atoms with van der Waals surface area (Å²) in [5, 5.41) is 10.5. The van der Waals surface area contributed by atoms with Crippen molar-refractivity contribution in [2.75, 3.05) is 5.73 Å². The number of rotatable bonds is 3. The van der Waals surface area contributed by atoms with Crippen LogP contribution in [0.2, 0.25) is 0 Å². The topological polar surface area (TPSA) is 54.7 Å². The van der Waals surface area contributed by atoms with Gasteiger partial charge in [-0.25, -0.2) is 0 Å². The van der Waals surface area contributed by atoms with Gasteiger partial charge in [0, 0.05) is 28.5 Å². The molecule has 1 heterocycles. The van der Waals surface area contributed by atoms with E-state index in [0.29, 0.717) is 5.56 Å². The number of anilines is 1. The predicted molar refractivity (Wildman–Crippen MR) is 117 cm³/mol. The monoisotopic (exact) mass is 365 g/mol. The molecule has 0 aliphatic carbocycles. The number of nitriles is 1. The number of benzene rings is 3. The van der Waals surface area contributed by atoms with Gasteiger partial charge in [0.25, 0.3) is 0 Å². The van der Waals surface area contributed by atoms with Crippen molar-refractivity contribution >= 4 is 16.6 Å². The van der Waals surface area contributed by atoms with Crippen molar-refractivity contribution < 1.29 is 0 Å². The van der Waals surface area contributed by atoms with Gasteiger partial charge in [0.1, 0.15) is 0 Å². The van der Waals surface area contributed by atoms with Gasteiger partial charge in [0.2, 0.25) is 0 Å². The minimum atomic E-state index is 0.658. The average Bonchev–Trinajstić information content (AvgIpc) is 3.08. The second-order valence-corrected chi connectivity index (χ2v) is 7.24. The van der Waals surface area contributed by atoms with Crippen molar-refractivity contribution in [2.45, 2.75) is 27.2 Å². The van der Waals surface area contributed by atoms with E-state index in [1.54, 1.807) is 0 Å². The van der Waals surface area contributed by atoms with Crippen LogP contribution in [-0.4, -0.2) is 4.57 Å². The maximum Gasteiger partial charge on any atom is 0.0991 e. The molecule has 0 saturated carbocycles. The lowest BCUT2D eigenvalue weighted by Crippen LogP contribution is -1.95. The first-order valence-electron chi connectivity index (χ1n) is 9.54. The van der Waals surface area contributed by atoms with Gasteiger partial charge in [0.05, 0.1) is 17.1 Å². The second kappa shape index (κ2) is 6.90. The second-order valence-electron chi connectivity index (χ2n) is 7.24. The highest BCUT2D eigenvalue weighted by atomic mass is 15.0. The van der Waals surface area contributed by atoms with E-state index in [2.05, 4.69) is 54.9 Å². The average molecular weight is 365 g/mol. The van der Waals surface area contributed by atoms with Gasteiger partial charge in [0.15, 0.2) is 0 Å². The van der Waals surface area contributed by atoms with Crippen LogP contribution < -0.4 is 5.73 Å². The van der Waals surface area contributed by atoms with E-state index in [0.717, 1.165) is 45.4 Å². The Balaban J connectivity index is 2.03. The molecule has 2 N–H and O–H groups in total. The van der Waals surface area contributed by atoms with Gasteiger partial charge < -0.3 is 10.3 Å². The molecule has 0 fully saturated rings. The maximum absolute atomic E-state index is 9.40. The van der Waals surface area contributed by atoms with Crippen molar-refractivity contribution in [3.8, 4) is 22.9 Å². The van der Waals surface area contributed by atoms with Crippen molar-refractivity contribution in [3.63, 3.8) is 0 Å². The number of hydrogen-bond acceptors (Lipinski definition) is 2. The molecule has 3 heteroatoms. The molecule has 0 aliphatic rings. The van der Waals surface area contributed by atoms with Crippen LogP contribution >= 0.6 is 0 Å². The summed E-state index contributed by atoms with van der Waals surface area (Å²) in [6, 6.07) is 20.7. The highest BCUT2D eigenvalue weighted by molar-refractivity contribution is 5.99. The summed E-state index contributed by atoms with van der Waals surface area (Å²) >= 11 is 0. The highest BCUT2D eigenvalue weighted by Gasteiger charge is 2.15. The van der Waals surface area contributed by atoms with Crippen LogP contribution in [0.25, 0.3) is 27.7 Å². The van der Waals surface area contributed by atoms with Crippen LogP contribution in [0.5, 0.6) is 0 Å². The molecule has 3 nitrogen and oxygen atoms in total. The summed E-state index contributed by atoms with van der Waals surface area (Å²) in [6.45, 7) is 6.38. The zero-order valence-electron chi connectivity index (χ0n) is 16.5. The van der Waals surface area contributed by atoms with Gasteiger partial charge in [-0.15, -0.1) is 0 Å². The molecule has 3 aromatic carbocycles. The third-order valence-electron chi connectivity index (χ3n) is 5.58. The fourth-order valence-electron chi connectivity index (χ4n) is 3.90. The molecular formula is C25H23N3. The quantitative estimate of drug-likeness (QED) is 0.457. The summed E-state index contributed by atoms with van der Waals surface area (Å²) in [6.07, 6.45) is 3.19. The van der Waals surface area contributed by atoms with E-state index in [9.17, 15) is 5.26 Å². The normalized spacial score (nSPS) is 10.9. The van der Waals surface area contributed by atoms with Gasteiger partial charge >= 0.3 is 0 Å². The molecule has 0 unspecified atom stereocenters. The van der Waals surface area contributed by atoms with Crippen LogP contribution in [0.3, 0.4) is 0 Å². The highest BCUT2D eigenvalue weighted by Crippen LogP contribution is 2.36. The summed E-state index contributed by atoms with van der Waals surface area (Å²) in [4.78, 5) is 0. The van der Waals surface area contributed by atoms with E-state index < -0.39 is 0 Å². The number of aromatic nitrogens is 1. The Kier molecular flexibility index (Phi) is 4.41. The Hall–Kier alpha value is -3.51.